The summed E-state index contributed by atoms with van der Waals surface area (Å²) in [6.07, 6.45) is 1.79. The number of nitrogens with zero attached hydrogens (tertiary/aromatic N) is 3. The molecule has 2 aromatic rings. The molecule has 108 valence electrons. The zero-order chi connectivity index (χ0) is 15.1. The molecule has 0 aliphatic heterocycles. The molecule has 0 aliphatic carbocycles. The number of hydrogen-bond donors (Lipinski definition) is 2. The van der Waals surface area contributed by atoms with Gasteiger partial charge in [0.2, 0.25) is 0 Å². The van der Waals surface area contributed by atoms with Crippen molar-refractivity contribution >= 4 is 17.3 Å². The standard InChI is InChI=1S/C16H19N5/c1-3-9-18-15-10-16(21-14(4-2)20-15)19-13-8-6-5-7-12(13)11-17/h5-8,10H,3-4,9H2,1-2H3,(H2,18,19,20,21). The van der Waals surface area contributed by atoms with Gasteiger partial charge in [0.15, 0.2) is 0 Å². The number of rotatable bonds is 6. The first-order valence-corrected chi connectivity index (χ1v) is 7.14. The van der Waals surface area contributed by atoms with Gasteiger partial charge in [0.25, 0.3) is 0 Å². The van der Waals surface area contributed by atoms with E-state index in [9.17, 15) is 0 Å². The molecular weight excluding hydrogens is 262 g/mol. The van der Waals surface area contributed by atoms with Crippen molar-refractivity contribution in [2.24, 2.45) is 0 Å². The maximum absolute atomic E-state index is 9.13. The van der Waals surface area contributed by atoms with Gasteiger partial charge in [0.05, 0.1) is 11.3 Å². The summed E-state index contributed by atoms with van der Waals surface area (Å²) in [7, 11) is 0. The molecule has 1 heterocycles. The zero-order valence-corrected chi connectivity index (χ0v) is 12.3. The molecule has 0 unspecified atom stereocenters. The molecule has 0 aliphatic rings. The van der Waals surface area contributed by atoms with E-state index >= 15 is 0 Å². The van der Waals surface area contributed by atoms with Gasteiger partial charge in [-0.2, -0.15) is 5.26 Å². The van der Waals surface area contributed by atoms with Crippen molar-refractivity contribution in [1.82, 2.24) is 9.97 Å². The Labute approximate surface area is 125 Å². The highest BCUT2D eigenvalue weighted by Gasteiger charge is 2.06. The van der Waals surface area contributed by atoms with Gasteiger partial charge in [-0.25, -0.2) is 9.97 Å². The summed E-state index contributed by atoms with van der Waals surface area (Å²) >= 11 is 0. The quantitative estimate of drug-likeness (QED) is 0.848. The third-order valence-corrected chi connectivity index (χ3v) is 2.96. The molecule has 2 rings (SSSR count). The van der Waals surface area contributed by atoms with E-state index in [4.69, 9.17) is 5.26 Å². The summed E-state index contributed by atoms with van der Waals surface area (Å²) in [4.78, 5) is 8.91. The number of benzene rings is 1. The lowest BCUT2D eigenvalue weighted by Gasteiger charge is -2.11. The van der Waals surface area contributed by atoms with Gasteiger partial charge < -0.3 is 10.6 Å². The second-order valence-electron chi connectivity index (χ2n) is 4.62. The van der Waals surface area contributed by atoms with Gasteiger partial charge in [-0.1, -0.05) is 26.0 Å². The lowest BCUT2D eigenvalue weighted by molar-refractivity contribution is 0.919. The Balaban J connectivity index is 2.28. The molecule has 0 bridgehead atoms. The van der Waals surface area contributed by atoms with Crippen LogP contribution in [-0.4, -0.2) is 16.5 Å². The van der Waals surface area contributed by atoms with E-state index in [0.717, 1.165) is 36.7 Å². The summed E-state index contributed by atoms with van der Waals surface area (Å²) in [5, 5.41) is 15.6. The van der Waals surface area contributed by atoms with Crippen molar-refractivity contribution in [2.45, 2.75) is 26.7 Å². The highest BCUT2D eigenvalue weighted by atomic mass is 15.1. The van der Waals surface area contributed by atoms with E-state index < -0.39 is 0 Å². The fraction of sp³-hybridized carbons (Fsp3) is 0.312. The van der Waals surface area contributed by atoms with Gasteiger partial charge in [-0.15, -0.1) is 0 Å². The number of para-hydroxylation sites is 1. The molecule has 5 nitrogen and oxygen atoms in total. The molecular formula is C16H19N5. The van der Waals surface area contributed by atoms with Gasteiger partial charge in [0, 0.05) is 19.0 Å². The molecule has 1 aromatic carbocycles. The van der Waals surface area contributed by atoms with Gasteiger partial charge >= 0.3 is 0 Å². The lowest BCUT2D eigenvalue weighted by atomic mass is 10.2. The first kappa shape index (κ1) is 14.8. The number of nitriles is 1. The Morgan fingerprint density at radius 3 is 2.62 bits per heavy atom. The Hall–Kier alpha value is -2.61. The fourth-order valence-electron chi connectivity index (χ4n) is 1.89. The number of nitrogens with one attached hydrogen (secondary N) is 2. The summed E-state index contributed by atoms with van der Waals surface area (Å²) in [5.74, 6) is 2.27. The summed E-state index contributed by atoms with van der Waals surface area (Å²) in [5.41, 5.74) is 1.35. The van der Waals surface area contributed by atoms with Gasteiger partial charge in [0.1, 0.15) is 23.5 Å². The topological polar surface area (TPSA) is 73.6 Å². The minimum Gasteiger partial charge on any atom is -0.370 e. The van der Waals surface area contributed by atoms with E-state index in [-0.39, 0.29) is 0 Å². The van der Waals surface area contributed by atoms with Crippen LogP contribution in [0.3, 0.4) is 0 Å². The van der Waals surface area contributed by atoms with Gasteiger partial charge in [-0.05, 0) is 18.6 Å². The van der Waals surface area contributed by atoms with E-state index in [0.29, 0.717) is 11.4 Å². The number of aromatic nitrogens is 2. The largest absolute Gasteiger partial charge is 0.370 e. The average molecular weight is 281 g/mol. The Morgan fingerprint density at radius 1 is 1.14 bits per heavy atom. The van der Waals surface area contributed by atoms with E-state index in [1.54, 1.807) is 6.07 Å². The molecule has 0 radical (unpaired) electrons. The summed E-state index contributed by atoms with van der Waals surface area (Å²) in [6.45, 7) is 5.00. The smallest absolute Gasteiger partial charge is 0.136 e. The van der Waals surface area contributed by atoms with Crippen LogP contribution in [0.1, 0.15) is 31.7 Å². The monoisotopic (exact) mass is 281 g/mol. The molecule has 0 saturated heterocycles. The number of aryl methyl sites for hydroxylation is 1. The second kappa shape index (κ2) is 7.25. The van der Waals surface area contributed by atoms with Crippen molar-refractivity contribution in [1.29, 1.82) is 5.26 Å². The minimum absolute atomic E-state index is 0.595. The Morgan fingerprint density at radius 2 is 1.90 bits per heavy atom. The normalized spacial score (nSPS) is 9.95. The Kier molecular flexibility index (Phi) is 5.10. The van der Waals surface area contributed by atoms with Crippen molar-refractivity contribution in [2.75, 3.05) is 17.2 Å². The molecule has 0 atom stereocenters. The Bertz CT molecular complexity index is 645. The SMILES string of the molecule is CCCNc1cc(Nc2ccccc2C#N)nc(CC)n1. The van der Waals surface area contributed by atoms with Crippen LogP contribution >= 0.6 is 0 Å². The summed E-state index contributed by atoms with van der Waals surface area (Å²) in [6, 6.07) is 11.4. The maximum Gasteiger partial charge on any atom is 0.136 e. The van der Waals surface area contributed by atoms with Crippen LogP contribution in [0.15, 0.2) is 30.3 Å². The molecule has 5 heteroatoms. The van der Waals surface area contributed by atoms with Crippen LogP contribution in [0.2, 0.25) is 0 Å². The second-order valence-corrected chi connectivity index (χ2v) is 4.62. The predicted octanol–water partition coefficient (Wildman–Crippen LogP) is 3.48. The van der Waals surface area contributed by atoms with Crippen LogP contribution in [0, 0.1) is 11.3 Å². The van der Waals surface area contributed by atoms with Crippen molar-refractivity contribution < 1.29 is 0 Å². The van der Waals surface area contributed by atoms with E-state index in [2.05, 4.69) is 33.6 Å². The lowest BCUT2D eigenvalue weighted by Crippen LogP contribution is -2.07. The van der Waals surface area contributed by atoms with Crippen molar-refractivity contribution in [3.8, 4) is 6.07 Å². The van der Waals surface area contributed by atoms with E-state index in [1.165, 1.54) is 0 Å². The molecule has 0 amide bonds. The average Bonchev–Trinajstić information content (AvgIpc) is 2.53. The van der Waals surface area contributed by atoms with Crippen LogP contribution in [0.25, 0.3) is 0 Å². The molecule has 21 heavy (non-hydrogen) atoms. The van der Waals surface area contributed by atoms with E-state index in [1.807, 2.05) is 31.2 Å². The first-order chi connectivity index (χ1) is 10.3. The van der Waals surface area contributed by atoms with Crippen LogP contribution in [-0.2, 0) is 6.42 Å². The molecule has 1 aromatic heterocycles. The maximum atomic E-state index is 9.13. The molecule has 2 N–H and O–H groups in total. The number of anilines is 3. The molecule has 0 fully saturated rings. The zero-order valence-electron chi connectivity index (χ0n) is 12.3. The van der Waals surface area contributed by atoms with Crippen molar-refractivity contribution in [3.63, 3.8) is 0 Å². The molecule has 0 spiro atoms. The fourth-order valence-corrected chi connectivity index (χ4v) is 1.89. The highest BCUT2D eigenvalue weighted by molar-refractivity contribution is 5.65. The third kappa shape index (κ3) is 3.93. The van der Waals surface area contributed by atoms with Crippen LogP contribution in [0.5, 0.6) is 0 Å². The van der Waals surface area contributed by atoms with Crippen LogP contribution < -0.4 is 10.6 Å². The molecule has 0 saturated carbocycles. The van der Waals surface area contributed by atoms with Crippen molar-refractivity contribution in [3.05, 3.63) is 41.7 Å². The van der Waals surface area contributed by atoms with Gasteiger partial charge in [-0.3, -0.25) is 0 Å². The van der Waals surface area contributed by atoms with Crippen LogP contribution in [0.4, 0.5) is 17.3 Å². The highest BCUT2D eigenvalue weighted by Crippen LogP contribution is 2.20. The third-order valence-electron chi connectivity index (χ3n) is 2.96. The predicted molar refractivity (Wildman–Crippen MR) is 84.6 cm³/mol. The minimum atomic E-state index is 0.595. The first-order valence-electron chi connectivity index (χ1n) is 7.14. The number of hydrogen-bond acceptors (Lipinski definition) is 5. The summed E-state index contributed by atoms with van der Waals surface area (Å²) < 4.78 is 0.